The maximum absolute atomic E-state index is 6.09. The predicted molar refractivity (Wildman–Crippen MR) is 73.7 cm³/mol. The second-order valence-electron chi connectivity index (χ2n) is 6.44. The summed E-state index contributed by atoms with van der Waals surface area (Å²) in [6.07, 6.45) is 0.820. The minimum Gasteiger partial charge on any atom is -0.496 e. The van der Waals surface area contributed by atoms with E-state index in [0.29, 0.717) is 0 Å². The molecule has 1 aromatic rings. The molecule has 1 aromatic carbocycles. The Bertz CT molecular complexity index is 383. The van der Waals surface area contributed by atoms with Crippen LogP contribution in [0.5, 0.6) is 5.75 Å². The van der Waals surface area contributed by atoms with Crippen LogP contribution in [-0.4, -0.2) is 12.6 Å². The van der Waals surface area contributed by atoms with Gasteiger partial charge >= 0.3 is 0 Å². The number of ether oxygens (including phenoxy) is 1. The van der Waals surface area contributed by atoms with Gasteiger partial charge in [0.15, 0.2) is 0 Å². The van der Waals surface area contributed by atoms with Crippen molar-refractivity contribution in [3.8, 4) is 5.75 Å². The smallest absolute Gasteiger partial charge is 0.122 e. The van der Waals surface area contributed by atoms with Gasteiger partial charge in [0.1, 0.15) is 5.75 Å². The molecule has 0 aliphatic rings. The van der Waals surface area contributed by atoms with Crippen molar-refractivity contribution in [2.45, 2.75) is 52.0 Å². The Labute approximate surface area is 105 Å². The molecule has 0 amide bonds. The molecule has 2 N–H and O–H groups in total. The van der Waals surface area contributed by atoms with Crippen LogP contribution in [0.2, 0.25) is 0 Å². The van der Waals surface area contributed by atoms with Gasteiger partial charge in [-0.2, -0.15) is 0 Å². The number of hydrogen-bond acceptors (Lipinski definition) is 2. The number of hydrogen-bond donors (Lipinski definition) is 1. The zero-order valence-corrected chi connectivity index (χ0v) is 11.9. The average Bonchev–Trinajstić information content (AvgIpc) is 2.13. The van der Waals surface area contributed by atoms with E-state index in [2.05, 4.69) is 32.9 Å². The van der Waals surface area contributed by atoms with Crippen molar-refractivity contribution in [1.82, 2.24) is 0 Å². The lowest BCUT2D eigenvalue weighted by molar-refractivity contribution is 0.401. The third-order valence-electron chi connectivity index (χ3n) is 2.79. The zero-order valence-electron chi connectivity index (χ0n) is 11.9. The fourth-order valence-corrected chi connectivity index (χ4v) is 1.87. The Balaban J connectivity index is 3.16. The van der Waals surface area contributed by atoms with E-state index in [0.717, 1.165) is 12.2 Å². The number of nitrogens with two attached hydrogens (primary N) is 1. The van der Waals surface area contributed by atoms with E-state index in [9.17, 15) is 0 Å². The summed E-state index contributed by atoms with van der Waals surface area (Å²) in [4.78, 5) is 0. The van der Waals surface area contributed by atoms with Crippen LogP contribution in [0.25, 0.3) is 0 Å². The minimum atomic E-state index is -0.218. The SMILES string of the molecule is COc1ccc(C(C)(C)C)cc1CC(C)(C)N. The van der Waals surface area contributed by atoms with Gasteiger partial charge in [-0.05, 0) is 42.9 Å². The Kier molecular flexibility index (Phi) is 3.88. The van der Waals surface area contributed by atoms with Crippen LogP contribution in [0.4, 0.5) is 0 Å². The molecule has 0 radical (unpaired) electrons. The normalized spacial score (nSPS) is 12.6. The highest BCUT2D eigenvalue weighted by Gasteiger charge is 2.19. The second kappa shape index (κ2) is 4.69. The van der Waals surface area contributed by atoms with E-state index in [1.807, 2.05) is 19.9 Å². The Morgan fingerprint density at radius 1 is 1.12 bits per heavy atom. The molecule has 0 aliphatic heterocycles. The van der Waals surface area contributed by atoms with E-state index in [-0.39, 0.29) is 11.0 Å². The van der Waals surface area contributed by atoms with Gasteiger partial charge in [-0.1, -0.05) is 32.9 Å². The van der Waals surface area contributed by atoms with E-state index >= 15 is 0 Å². The van der Waals surface area contributed by atoms with Crippen LogP contribution in [-0.2, 0) is 11.8 Å². The lowest BCUT2D eigenvalue weighted by Gasteiger charge is -2.24. The first-order valence-corrected chi connectivity index (χ1v) is 6.10. The summed E-state index contributed by atoms with van der Waals surface area (Å²) in [5.74, 6) is 0.927. The van der Waals surface area contributed by atoms with E-state index in [1.54, 1.807) is 7.11 Å². The summed E-state index contributed by atoms with van der Waals surface area (Å²) in [5, 5.41) is 0. The van der Waals surface area contributed by atoms with Crippen LogP contribution in [0.15, 0.2) is 18.2 Å². The molecule has 0 saturated carbocycles. The summed E-state index contributed by atoms with van der Waals surface area (Å²) in [7, 11) is 1.71. The summed E-state index contributed by atoms with van der Waals surface area (Å²) in [5.41, 5.74) is 8.53. The number of benzene rings is 1. The van der Waals surface area contributed by atoms with Crippen molar-refractivity contribution in [1.29, 1.82) is 0 Å². The highest BCUT2D eigenvalue weighted by molar-refractivity contribution is 5.40. The number of rotatable bonds is 3. The van der Waals surface area contributed by atoms with Gasteiger partial charge in [0, 0.05) is 5.54 Å². The topological polar surface area (TPSA) is 35.2 Å². The van der Waals surface area contributed by atoms with Crippen LogP contribution in [0.3, 0.4) is 0 Å². The summed E-state index contributed by atoms with van der Waals surface area (Å²) >= 11 is 0. The van der Waals surface area contributed by atoms with E-state index < -0.39 is 0 Å². The fraction of sp³-hybridized carbons (Fsp3) is 0.600. The van der Waals surface area contributed by atoms with Crippen LogP contribution in [0.1, 0.15) is 45.7 Å². The molecule has 1 rings (SSSR count). The molecule has 0 unspecified atom stereocenters. The lowest BCUT2D eigenvalue weighted by Crippen LogP contribution is -2.34. The van der Waals surface area contributed by atoms with E-state index in [4.69, 9.17) is 10.5 Å². The first-order valence-electron chi connectivity index (χ1n) is 6.10. The largest absolute Gasteiger partial charge is 0.496 e. The van der Waals surface area contributed by atoms with Crippen molar-refractivity contribution < 1.29 is 4.74 Å². The van der Waals surface area contributed by atoms with Gasteiger partial charge in [0.2, 0.25) is 0 Å². The molecular formula is C15H25NO. The maximum atomic E-state index is 6.09. The molecule has 0 atom stereocenters. The fourth-order valence-electron chi connectivity index (χ4n) is 1.87. The quantitative estimate of drug-likeness (QED) is 0.872. The minimum absolute atomic E-state index is 0.153. The molecule has 2 heteroatoms. The van der Waals surface area contributed by atoms with Crippen molar-refractivity contribution in [3.05, 3.63) is 29.3 Å². The van der Waals surface area contributed by atoms with Crippen molar-refractivity contribution >= 4 is 0 Å². The molecule has 0 spiro atoms. The molecular weight excluding hydrogens is 210 g/mol. The van der Waals surface area contributed by atoms with Gasteiger partial charge < -0.3 is 10.5 Å². The molecule has 0 aromatic heterocycles. The van der Waals surface area contributed by atoms with Crippen molar-refractivity contribution in [3.63, 3.8) is 0 Å². The lowest BCUT2D eigenvalue weighted by atomic mass is 9.84. The monoisotopic (exact) mass is 235 g/mol. The van der Waals surface area contributed by atoms with Crippen molar-refractivity contribution in [2.24, 2.45) is 5.73 Å². The van der Waals surface area contributed by atoms with Crippen LogP contribution >= 0.6 is 0 Å². The van der Waals surface area contributed by atoms with Gasteiger partial charge in [-0.3, -0.25) is 0 Å². The highest BCUT2D eigenvalue weighted by Crippen LogP contribution is 2.29. The van der Waals surface area contributed by atoms with E-state index in [1.165, 1.54) is 11.1 Å². The maximum Gasteiger partial charge on any atom is 0.122 e. The van der Waals surface area contributed by atoms with Crippen LogP contribution < -0.4 is 10.5 Å². The molecule has 0 bridgehead atoms. The second-order valence-corrected chi connectivity index (χ2v) is 6.44. The van der Waals surface area contributed by atoms with Crippen molar-refractivity contribution in [2.75, 3.05) is 7.11 Å². The third-order valence-corrected chi connectivity index (χ3v) is 2.79. The van der Waals surface area contributed by atoms with Gasteiger partial charge in [-0.15, -0.1) is 0 Å². The first-order chi connectivity index (χ1) is 7.63. The molecule has 17 heavy (non-hydrogen) atoms. The molecule has 0 heterocycles. The van der Waals surface area contributed by atoms with Gasteiger partial charge in [-0.25, -0.2) is 0 Å². The molecule has 2 nitrogen and oxygen atoms in total. The summed E-state index contributed by atoms with van der Waals surface area (Å²) in [6, 6.07) is 6.39. The first kappa shape index (κ1) is 14.0. The zero-order chi connectivity index (χ0) is 13.3. The molecule has 96 valence electrons. The Hall–Kier alpha value is -1.02. The predicted octanol–water partition coefficient (Wildman–Crippen LogP) is 3.27. The Morgan fingerprint density at radius 2 is 1.71 bits per heavy atom. The third kappa shape index (κ3) is 4.04. The highest BCUT2D eigenvalue weighted by atomic mass is 16.5. The van der Waals surface area contributed by atoms with Gasteiger partial charge in [0.05, 0.1) is 7.11 Å². The summed E-state index contributed by atoms with van der Waals surface area (Å²) < 4.78 is 5.40. The molecule has 0 saturated heterocycles. The molecule has 0 aliphatic carbocycles. The molecule has 0 fully saturated rings. The Morgan fingerprint density at radius 3 is 2.12 bits per heavy atom. The average molecular weight is 235 g/mol. The number of methoxy groups -OCH3 is 1. The van der Waals surface area contributed by atoms with Gasteiger partial charge in [0.25, 0.3) is 0 Å². The van der Waals surface area contributed by atoms with Crippen LogP contribution in [0, 0.1) is 0 Å². The standard InChI is InChI=1S/C15H25NO/c1-14(2,3)12-7-8-13(17-6)11(9-12)10-15(4,5)16/h7-9H,10,16H2,1-6H3. The summed E-state index contributed by atoms with van der Waals surface area (Å²) in [6.45, 7) is 10.7.